The first-order chi connectivity index (χ1) is 6.22. The fourth-order valence-corrected chi connectivity index (χ4v) is 3.05. The van der Waals surface area contributed by atoms with Gasteiger partial charge in [0, 0.05) is 6.04 Å². The van der Waals surface area contributed by atoms with Crippen molar-refractivity contribution < 1.29 is 4.79 Å². The molecule has 2 saturated carbocycles. The molecule has 0 radical (unpaired) electrons. The van der Waals surface area contributed by atoms with Gasteiger partial charge >= 0.3 is 0 Å². The highest BCUT2D eigenvalue weighted by molar-refractivity contribution is 5.87. The molecule has 0 aliphatic heterocycles. The number of carbonyl (C=O) groups is 1. The molecule has 2 rings (SSSR count). The SMILES string of the molecule is C=CC(=O)NC1C2CCC(C2)C1C. The normalized spacial score (nSPS) is 41.9. The summed E-state index contributed by atoms with van der Waals surface area (Å²) in [6.45, 7) is 5.74. The predicted octanol–water partition coefficient (Wildman–Crippen LogP) is 1.72. The topological polar surface area (TPSA) is 29.1 Å². The Hall–Kier alpha value is -0.790. The molecule has 2 heteroatoms. The third-order valence-corrected chi connectivity index (χ3v) is 3.83. The molecule has 2 nitrogen and oxygen atoms in total. The number of nitrogens with one attached hydrogen (secondary N) is 1. The molecule has 0 aromatic heterocycles. The maximum Gasteiger partial charge on any atom is 0.243 e. The highest BCUT2D eigenvalue weighted by Gasteiger charge is 2.45. The van der Waals surface area contributed by atoms with Crippen molar-refractivity contribution in [3.05, 3.63) is 12.7 Å². The number of hydrogen-bond donors (Lipinski definition) is 1. The highest BCUT2D eigenvalue weighted by Crippen LogP contribution is 2.48. The summed E-state index contributed by atoms with van der Waals surface area (Å²) >= 11 is 0. The second kappa shape index (κ2) is 3.17. The molecule has 2 bridgehead atoms. The molecule has 2 aliphatic rings. The maximum atomic E-state index is 11.2. The lowest BCUT2D eigenvalue weighted by atomic mass is 9.86. The molecule has 1 N–H and O–H groups in total. The summed E-state index contributed by atoms with van der Waals surface area (Å²) in [6.07, 6.45) is 5.37. The van der Waals surface area contributed by atoms with Crippen LogP contribution in [0.1, 0.15) is 26.2 Å². The Morgan fingerprint density at radius 1 is 1.46 bits per heavy atom. The minimum atomic E-state index is -0.00981. The second-order valence-electron chi connectivity index (χ2n) is 4.43. The number of amides is 1. The summed E-state index contributed by atoms with van der Waals surface area (Å²) < 4.78 is 0. The van der Waals surface area contributed by atoms with E-state index in [4.69, 9.17) is 0 Å². The number of carbonyl (C=O) groups excluding carboxylic acids is 1. The van der Waals surface area contributed by atoms with Crippen molar-refractivity contribution in [2.24, 2.45) is 17.8 Å². The number of rotatable bonds is 2. The van der Waals surface area contributed by atoms with Crippen molar-refractivity contribution in [1.82, 2.24) is 5.32 Å². The van der Waals surface area contributed by atoms with Crippen molar-refractivity contribution in [2.45, 2.75) is 32.2 Å². The standard InChI is InChI=1S/C11H17NO/c1-3-10(13)12-11-7(2)8-4-5-9(11)6-8/h3,7-9,11H,1,4-6H2,2H3,(H,12,13). The van der Waals surface area contributed by atoms with Gasteiger partial charge in [0.1, 0.15) is 0 Å². The third kappa shape index (κ3) is 1.38. The van der Waals surface area contributed by atoms with E-state index in [9.17, 15) is 4.79 Å². The molecule has 13 heavy (non-hydrogen) atoms. The van der Waals surface area contributed by atoms with Gasteiger partial charge in [-0.1, -0.05) is 13.5 Å². The largest absolute Gasteiger partial charge is 0.349 e. The number of fused-ring (bicyclic) bond motifs is 2. The van der Waals surface area contributed by atoms with Crippen LogP contribution in [0.3, 0.4) is 0 Å². The quantitative estimate of drug-likeness (QED) is 0.642. The zero-order valence-corrected chi connectivity index (χ0v) is 8.12. The summed E-state index contributed by atoms with van der Waals surface area (Å²) in [7, 11) is 0. The van der Waals surface area contributed by atoms with Crippen LogP contribution in [0.15, 0.2) is 12.7 Å². The zero-order chi connectivity index (χ0) is 9.42. The van der Waals surface area contributed by atoms with E-state index in [0.717, 1.165) is 11.8 Å². The van der Waals surface area contributed by atoms with Crippen LogP contribution in [0.5, 0.6) is 0 Å². The molecule has 1 amide bonds. The van der Waals surface area contributed by atoms with Crippen LogP contribution in [0, 0.1) is 17.8 Å². The van der Waals surface area contributed by atoms with Gasteiger partial charge in [-0.15, -0.1) is 0 Å². The molecule has 4 atom stereocenters. The molecule has 0 aromatic rings. The Labute approximate surface area is 79.4 Å². The van der Waals surface area contributed by atoms with Crippen LogP contribution in [-0.4, -0.2) is 11.9 Å². The van der Waals surface area contributed by atoms with E-state index < -0.39 is 0 Å². The Morgan fingerprint density at radius 3 is 2.69 bits per heavy atom. The van der Waals surface area contributed by atoms with E-state index in [-0.39, 0.29) is 5.91 Å². The first-order valence-corrected chi connectivity index (χ1v) is 5.15. The Kier molecular flexibility index (Phi) is 2.14. The smallest absolute Gasteiger partial charge is 0.243 e. The predicted molar refractivity (Wildman–Crippen MR) is 52.1 cm³/mol. The Balaban J connectivity index is 2.00. The highest BCUT2D eigenvalue weighted by atomic mass is 16.1. The van der Waals surface area contributed by atoms with Gasteiger partial charge < -0.3 is 5.32 Å². The molecule has 0 aromatic carbocycles. The van der Waals surface area contributed by atoms with Crippen molar-refractivity contribution >= 4 is 5.91 Å². The summed E-state index contributed by atoms with van der Waals surface area (Å²) in [4.78, 5) is 11.2. The van der Waals surface area contributed by atoms with Crippen LogP contribution in [-0.2, 0) is 4.79 Å². The summed E-state index contributed by atoms with van der Waals surface area (Å²) in [5.41, 5.74) is 0. The third-order valence-electron chi connectivity index (χ3n) is 3.83. The zero-order valence-electron chi connectivity index (χ0n) is 8.12. The number of hydrogen-bond acceptors (Lipinski definition) is 1. The van der Waals surface area contributed by atoms with E-state index in [1.807, 2.05) is 0 Å². The fraction of sp³-hybridized carbons (Fsp3) is 0.727. The van der Waals surface area contributed by atoms with Gasteiger partial charge in [-0.2, -0.15) is 0 Å². The van der Waals surface area contributed by atoms with E-state index in [1.165, 1.54) is 25.3 Å². The van der Waals surface area contributed by atoms with Gasteiger partial charge in [-0.05, 0) is 43.1 Å². The fourth-order valence-electron chi connectivity index (χ4n) is 3.05. The van der Waals surface area contributed by atoms with E-state index in [0.29, 0.717) is 12.0 Å². The van der Waals surface area contributed by atoms with Gasteiger partial charge in [-0.25, -0.2) is 0 Å². The summed E-state index contributed by atoms with van der Waals surface area (Å²) in [5.74, 6) is 2.26. The van der Waals surface area contributed by atoms with Gasteiger partial charge in [0.05, 0.1) is 0 Å². The van der Waals surface area contributed by atoms with E-state index in [1.54, 1.807) is 0 Å². The molecular weight excluding hydrogens is 162 g/mol. The lowest BCUT2D eigenvalue weighted by molar-refractivity contribution is -0.117. The van der Waals surface area contributed by atoms with Crippen molar-refractivity contribution in [1.29, 1.82) is 0 Å². The first-order valence-electron chi connectivity index (χ1n) is 5.15. The molecule has 2 aliphatic carbocycles. The molecule has 0 saturated heterocycles. The van der Waals surface area contributed by atoms with Gasteiger partial charge in [0.15, 0.2) is 0 Å². The van der Waals surface area contributed by atoms with E-state index in [2.05, 4.69) is 18.8 Å². The van der Waals surface area contributed by atoms with Crippen LogP contribution in [0.25, 0.3) is 0 Å². The van der Waals surface area contributed by atoms with Crippen molar-refractivity contribution in [3.8, 4) is 0 Å². The molecule has 0 spiro atoms. The average Bonchev–Trinajstić information content (AvgIpc) is 2.69. The van der Waals surface area contributed by atoms with Crippen LogP contribution in [0.4, 0.5) is 0 Å². The maximum absolute atomic E-state index is 11.2. The van der Waals surface area contributed by atoms with Crippen molar-refractivity contribution in [3.63, 3.8) is 0 Å². The van der Waals surface area contributed by atoms with Crippen LogP contribution < -0.4 is 5.32 Å². The molecular formula is C11H17NO. The molecule has 0 heterocycles. The minimum absolute atomic E-state index is 0.00981. The average molecular weight is 179 g/mol. The lowest BCUT2D eigenvalue weighted by Crippen LogP contribution is -2.42. The van der Waals surface area contributed by atoms with E-state index >= 15 is 0 Å². The lowest BCUT2D eigenvalue weighted by Gasteiger charge is -2.28. The summed E-state index contributed by atoms with van der Waals surface area (Å²) in [5, 5.41) is 3.05. The Bertz CT molecular complexity index is 234. The monoisotopic (exact) mass is 179 g/mol. The van der Waals surface area contributed by atoms with Crippen LogP contribution >= 0.6 is 0 Å². The molecule has 4 unspecified atom stereocenters. The molecule has 72 valence electrons. The summed E-state index contributed by atoms with van der Waals surface area (Å²) in [6, 6.07) is 0.421. The van der Waals surface area contributed by atoms with Gasteiger partial charge in [-0.3, -0.25) is 4.79 Å². The van der Waals surface area contributed by atoms with Gasteiger partial charge in [0.25, 0.3) is 0 Å². The first kappa shape index (κ1) is 8.79. The second-order valence-corrected chi connectivity index (χ2v) is 4.43. The van der Waals surface area contributed by atoms with Crippen molar-refractivity contribution in [2.75, 3.05) is 0 Å². The molecule has 2 fully saturated rings. The Morgan fingerprint density at radius 2 is 2.15 bits per heavy atom. The van der Waals surface area contributed by atoms with Crippen LogP contribution in [0.2, 0.25) is 0 Å². The minimum Gasteiger partial charge on any atom is -0.349 e. The van der Waals surface area contributed by atoms with Gasteiger partial charge in [0.2, 0.25) is 5.91 Å².